The molecule has 1 heterocycles. The Morgan fingerprint density at radius 1 is 1.24 bits per heavy atom. The molecule has 0 radical (unpaired) electrons. The Balaban J connectivity index is 2.35. The van der Waals surface area contributed by atoms with E-state index in [0.717, 1.165) is 18.2 Å². The quantitative estimate of drug-likeness (QED) is 0.853. The molecule has 2 aromatic rings. The molecule has 1 aromatic heterocycles. The van der Waals surface area contributed by atoms with Crippen molar-refractivity contribution in [2.45, 2.75) is 33.0 Å². The van der Waals surface area contributed by atoms with E-state index < -0.39 is 11.7 Å². The summed E-state index contributed by atoms with van der Waals surface area (Å²) in [5.74, 6) is 0. The molecule has 0 saturated carbocycles. The zero-order valence-corrected chi connectivity index (χ0v) is 12.0. The molecule has 0 atom stereocenters. The zero-order chi connectivity index (χ0) is 15.5. The van der Waals surface area contributed by atoms with Crippen molar-refractivity contribution in [2.75, 3.05) is 6.54 Å². The Hall–Kier alpha value is -1.82. The van der Waals surface area contributed by atoms with Crippen LogP contribution in [0.5, 0.6) is 0 Å². The second-order valence-electron chi connectivity index (χ2n) is 4.92. The van der Waals surface area contributed by atoms with Crippen LogP contribution < -0.4 is 5.32 Å². The Morgan fingerprint density at radius 2 is 2.00 bits per heavy atom. The molecule has 0 aliphatic rings. The second-order valence-corrected chi connectivity index (χ2v) is 4.92. The van der Waals surface area contributed by atoms with Gasteiger partial charge in [-0.1, -0.05) is 13.0 Å². The van der Waals surface area contributed by atoms with Crippen molar-refractivity contribution in [3.8, 4) is 5.69 Å². The lowest BCUT2D eigenvalue weighted by Crippen LogP contribution is -2.18. The van der Waals surface area contributed by atoms with Gasteiger partial charge < -0.3 is 5.32 Å². The van der Waals surface area contributed by atoms with Crippen molar-refractivity contribution in [3.63, 3.8) is 0 Å². The smallest absolute Gasteiger partial charge is 0.313 e. The van der Waals surface area contributed by atoms with Crippen LogP contribution in [0, 0.1) is 6.92 Å². The van der Waals surface area contributed by atoms with Crippen molar-refractivity contribution in [1.29, 1.82) is 0 Å². The van der Waals surface area contributed by atoms with E-state index in [1.54, 1.807) is 25.3 Å². The Kier molecular flexibility index (Phi) is 4.67. The number of nitrogens with zero attached hydrogens (tertiary/aromatic N) is 2. The van der Waals surface area contributed by atoms with Crippen LogP contribution >= 0.6 is 0 Å². The first-order chi connectivity index (χ1) is 9.91. The van der Waals surface area contributed by atoms with Gasteiger partial charge in [0.25, 0.3) is 0 Å². The van der Waals surface area contributed by atoms with Gasteiger partial charge in [-0.15, -0.1) is 0 Å². The lowest BCUT2D eigenvalue weighted by molar-refractivity contribution is -0.138. The van der Waals surface area contributed by atoms with E-state index in [2.05, 4.69) is 10.4 Å². The molecule has 0 aliphatic carbocycles. The Morgan fingerprint density at radius 3 is 2.57 bits per heavy atom. The summed E-state index contributed by atoms with van der Waals surface area (Å²) >= 11 is 0. The number of rotatable bonds is 5. The van der Waals surface area contributed by atoms with Crippen LogP contribution in [0.1, 0.15) is 30.2 Å². The van der Waals surface area contributed by atoms with Crippen molar-refractivity contribution < 1.29 is 13.2 Å². The molecular formula is C15H18F3N3. The van der Waals surface area contributed by atoms with Crippen molar-refractivity contribution in [1.82, 2.24) is 15.1 Å². The highest BCUT2D eigenvalue weighted by molar-refractivity contribution is 5.42. The number of aromatic nitrogens is 2. The van der Waals surface area contributed by atoms with Crippen LogP contribution in [0.2, 0.25) is 0 Å². The molecule has 21 heavy (non-hydrogen) atoms. The summed E-state index contributed by atoms with van der Waals surface area (Å²) in [4.78, 5) is 0. The predicted octanol–water partition coefficient (Wildman–Crippen LogP) is 3.70. The monoisotopic (exact) mass is 297 g/mol. The van der Waals surface area contributed by atoms with Crippen LogP contribution in [0.3, 0.4) is 0 Å². The standard InChI is InChI=1S/C15H18F3N3/c1-3-7-19-10-12-4-5-13(9-14(12)15(16,17)18)21-8-6-11(2)20-21/h4-6,8-9,19H,3,7,10H2,1-2H3. The minimum atomic E-state index is -4.37. The number of alkyl halides is 3. The van der Waals surface area contributed by atoms with Crippen molar-refractivity contribution in [2.24, 2.45) is 0 Å². The molecule has 0 fully saturated rings. The average Bonchev–Trinajstić information content (AvgIpc) is 2.85. The molecule has 0 aliphatic heterocycles. The topological polar surface area (TPSA) is 29.9 Å². The highest BCUT2D eigenvalue weighted by atomic mass is 19.4. The van der Waals surface area contributed by atoms with Crippen molar-refractivity contribution in [3.05, 3.63) is 47.3 Å². The summed E-state index contributed by atoms with van der Waals surface area (Å²) in [6.45, 7) is 4.67. The van der Waals surface area contributed by atoms with E-state index in [-0.39, 0.29) is 12.1 Å². The highest BCUT2D eigenvalue weighted by Crippen LogP contribution is 2.33. The molecule has 114 valence electrons. The molecule has 1 N–H and O–H groups in total. The molecule has 0 bridgehead atoms. The zero-order valence-electron chi connectivity index (χ0n) is 12.0. The van der Waals surface area contributed by atoms with Gasteiger partial charge in [0.1, 0.15) is 0 Å². The molecular weight excluding hydrogens is 279 g/mol. The first-order valence-corrected chi connectivity index (χ1v) is 6.85. The van der Waals surface area contributed by atoms with Crippen LogP contribution in [-0.4, -0.2) is 16.3 Å². The van der Waals surface area contributed by atoms with Crippen molar-refractivity contribution >= 4 is 0 Å². The van der Waals surface area contributed by atoms with Gasteiger partial charge in [0.2, 0.25) is 0 Å². The fourth-order valence-electron chi connectivity index (χ4n) is 2.08. The summed E-state index contributed by atoms with van der Waals surface area (Å²) in [5.41, 5.74) is 0.812. The van der Waals surface area contributed by atoms with E-state index in [1.165, 1.54) is 10.7 Å². The first kappa shape index (κ1) is 15.6. The number of benzene rings is 1. The highest BCUT2D eigenvalue weighted by Gasteiger charge is 2.33. The number of halogens is 3. The van der Waals surface area contributed by atoms with E-state index in [9.17, 15) is 13.2 Å². The molecule has 0 unspecified atom stereocenters. The molecule has 0 amide bonds. The predicted molar refractivity (Wildman–Crippen MR) is 75.3 cm³/mol. The average molecular weight is 297 g/mol. The minimum Gasteiger partial charge on any atom is -0.313 e. The van der Waals surface area contributed by atoms with Gasteiger partial charge in [-0.2, -0.15) is 18.3 Å². The Labute approximate surface area is 121 Å². The number of hydrogen-bond donors (Lipinski definition) is 1. The Bertz CT molecular complexity index is 602. The maximum absolute atomic E-state index is 13.2. The minimum absolute atomic E-state index is 0.209. The van der Waals surface area contributed by atoms with Gasteiger partial charge in [0, 0.05) is 12.7 Å². The molecule has 6 heteroatoms. The number of aryl methyl sites for hydroxylation is 1. The fourth-order valence-corrected chi connectivity index (χ4v) is 2.08. The third-order valence-electron chi connectivity index (χ3n) is 3.13. The maximum atomic E-state index is 13.2. The molecule has 0 spiro atoms. The first-order valence-electron chi connectivity index (χ1n) is 6.85. The third-order valence-corrected chi connectivity index (χ3v) is 3.13. The summed E-state index contributed by atoms with van der Waals surface area (Å²) in [7, 11) is 0. The second kappa shape index (κ2) is 6.30. The number of hydrogen-bond acceptors (Lipinski definition) is 2. The van der Waals surface area contributed by atoms with E-state index in [4.69, 9.17) is 0 Å². The largest absolute Gasteiger partial charge is 0.416 e. The fraction of sp³-hybridized carbons (Fsp3) is 0.400. The lowest BCUT2D eigenvalue weighted by atomic mass is 10.1. The summed E-state index contributed by atoms with van der Waals surface area (Å²) in [6.07, 6.45) is -1.84. The van der Waals surface area contributed by atoms with Gasteiger partial charge in [-0.05, 0) is 43.7 Å². The summed E-state index contributed by atoms with van der Waals surface area (Å²) in [6, 6.07) is 6.07. The van der Waals surface area contributed by atoms with Crippen LogP contribution in [0.25, 0.3) is 5.69 Å². The normalized spacial score (nSPS) is 11.9. The SMILES string of the molecule is CCCNCc1ccc(-n2ccc(C)n2)cc1C(F)(F)F. The summed E-state index contributed by atoms with van der Waals surface area (Å²) in [5, 5.41) is 7.15. The van der Waals surface area contributed by atoms with Gasteiger partial charge in [-0.3, -0.25) is 0 Å². The van der Waals surface area contributed by atoms with E-state index in [0.29, 0.717) is 12.2 Å². The summed E-state index contributed by atoms with van der Waals surface area (Å²) < 4.78 is 41.1. The van der Waals surface area contributed by atoms with E-state index in [1.807, 2.05) is 6.92 Å². The van der Waals surface area contributed by atoms with Crippen LogP contribution in [-0.2, 0) is 12.7 Å². The van der Waals surface area contributed by atoms with Crippen LogP contribution in [0.15, 0.2) is 30.5 Å². The molecule has 1 aromatic carbocycles. The third kappa shape index (κ3) is 3.85. The van der Waals surface area contributed by atoms with Gasteiger partial charge in [0.15, 0.2) is 0 Å². The van der Waals surface area contributed by atoms with Crippen LogP contribution in [0.4, 0.5) is 13.2 Å². The maximum Gasteiger partial charge on any atom is 0.416 e. The van der Waals surface area contributed by atoms with Gasteiger partial charge in [0.05, 0.1) is 16.9 Å². The molecule has 3 nitrogen and oxygen atoms in total. The molecule has 2 rings (SSSR count). The van der Waals surface area contributed by atoms with Gasteiger partial charge in [-0.25, -0.2) is 4.68 Å². The lowest BCUT2D eigenvalue weighted by Gasteiger charge is -2.15. The van der Waals surface area contributed by atoms with E-state index >= 15 is 0 Å². The number of nitrogens with one attached hydrogen (secondary N) is 1. The van der Waals surface area contributed by atoms with Gasteiger partial charge >= 0.3 is 6.18 Å². The molecule has 0 saturated heterocycles.